The number of benzene rings is 2. The summed E-state index contributed by atoms with van der Waals surface area (Å²) in [5.74, 6) is 1.01. The number of halogens is 2. The molecule has 0 spiro atoms. The Hall–Kier alpha value is -4.88. The van der Waals surface area contributed by atoms with Crippen molar-refractivity contribution in [1.29, 1.82) is 0 Å². The third kappa shape index (κ3) is 6.85. The van der Waals surface area contributed by atoms with Gasteiger partial charge in [-0.3, -0.25) is 0 Å². The van der Waals surface area contributed by atoms with E-state index in [9.17, 15) is 0 Å². The van der Waals surface area contributed by atoms with Gasteiger partial charge in [0.1, 0.15) is 0 Å². The highest BCUT2D eigenvalue weighted by Crippen LogP contribution is 2.42. The highest BCUT2D eigenvalue weighted by molar-refractivity contribution is 6.39. The fraction of sp³-hybridized carbons (Fsp3) is 0.188. The quantitative estimate of drug-likeness (QED) is 0.123. The molecule has 0 fully saturated rings. The first kappa shape index (κ1) is 31.1. The average molecular weight is 658 g/mol. The maximum Gasteiger partial charge on any atom is 0.218 e. The Bertz CT molecular complexity index is 1780. The smallest absolute Gasteiger partial charge is 0.218 e. The zero-order chi connectivity index (χ0) is 31.9. The summed E-state index contributed by atoms with van der Waals surface area (Å²) in [5.41, 5.74) is 7.83. The van der Waals surface area contributed by atoms with Crippen molar-refractivity contribution in [2.45, 2.75) is 26.2 Å². The second kappa shape index (κ2) is 14.5. The van der Waals surface area contributed by atoms with Crippen LogP contribution in [0, 0.1) is 0 Å². The Balaban J connectivity index is 1.24. The number of aromatic amines is 2. The molecule has 0 aliphatic carbocycles. The lowest BCUT2D eigenvalue weighted by molar-refractivity contribution is 0.391. The van der Waals surface area contributed by atoms with Crippen LogP contribution in [0.1, 0.15) is 22.5 Å². The van der Waals surface area contributed by atoms with Crippen LogP contribution in [0.25, 0.3) is 33.6 Å². The molecule has 0 aliphatic rings. The summed E-state index contributed by atoms with van der Waals surface area (Å²) in [6.07, 6.45) is 3.35. The lowest BCUT2D eigenvalue weighted by atomic mass is 9.98. The van der Waals surface area contributed by atoms with Gasteiger partial charge in [0, 0.05) is 59.6 Å². The van der Waals surface area contributed by atoms with Gasteiger partial charge in [-0.25, -0.2) is 9.97 Å². The van der Waals surface area contributed by atoms with E-state index < -0.39 is 0 Å². The fourth-order valence-corrected chi connectivity index (χ4v) is 5.66. The molecule has 0 radical (unpaired) electrons. The molecule has 0 saturated carbocycles. The summed E-state index contributed by atoms with van der Waals surface area (Å²) >= 11 is 14.1. The standard InChI is InChI=1S/C32H30Cl2N10O2/c1-45-31-19(13-35-15-21-17-37-43-41-21)9-11-27(39-31)25-7-3-5-23(29(25)33)24-6-4-8-26(30(24)34)28-12-10-20(32(40-28)46-2)14-36-16-22-18-38-44-42-22/h3-12,17-18,35-36H,13-16H2,1-2H3,(H,37,41,43)(H,38,42,44). The van der Waals surface area contributed by atoms with Gasteiger partial charge in [-0.2, -0.15) is 30.8 Å². The molecule has 0 amide bonds. The van der Waals surface area contributed by atoms with Gasteiger partial charge in [0.05, 0.1) is 59.4 Å². The van der Waals surface area contributed by atoms with Crippen molar-refractivity contribution in [1.82, 2.24) is 51.4 Å². The number of rotatable bonds is 13. The lowest BCUT2D eigenvalue weighted by Crippen LogP contribution is -2.14. The molecule has 0 bridgehead atoms. The average Bonchev–Trinajstić information content (AvgIpc) is 3.81. The zero-order valence-corrected chi connectivity index (χ0v) is 26.5. The van der Waals surface area contributed by atoms with E-state index in [1.54, 1.807) is 26.6 Å². The van der Waals surface area contributed by atoms with Crippen LogP contribution < -0.4 is 20.1 Å². The van der Waals surface area contributed by atoms with E-state index in [4.69, 9.17) is 42.6 Å². The van der Waals surface area contributed by atoms with Crippen LogP contribution in [-0.2, 0) is 26.2 Å². The van der Waals surface area contributed by atoms with E-state index in [1.807, 2.05) is 60.7 Å². The molecule has 14 heteroatoms. The van der Waals surface area contributed by atoms with Crippen LogP contribution in [0.5, 0.6) is 11.8 Å². The first-order chi connectivity index (χ1) is 22.6. The number of methoxy groups -OCH3 is 2. The van der Waals surface area contributed by atoms with Crippen molar-refractivity contribution < 1.29 is 9.47 Å². The summed E-state index contributed by atoms with van der Waals surface area (Å²) in [6, 6.07) is 19.4. The van der Waals surface area contributed by atoms with Gasteiger partial charge in [-0.05, 0) is 12.1 Å². The lowest BCUT2D eigenvalue weighted by Gasteiger charge is -2.15. The number of ether oxygens (including phenoxy) is 2. The fourth-order valence-electron chi connectivity index (χ4n) is 5.01. The van der Waals surface area contributed by atoms with Crippen molar-refractivity contribution >= 4 is 23.2 Å². The van der Waals surface area contributed by atoms with Gasteiger partial charge < -0.3 is 20.1 Å². The molecule has 6 rings (SSSR count). The number of aromatic nitrogens is 8. The van der Waals surface area contributed by atoms with E-state index in [0.717, 1.165) is 44.8 Å². The third-order valence-electron chi connectivity index (χ3n) is 7.28. The Morgan fingerprint density at radius 1 is 0.587 bits per heavy atom. The molecule has 4 N–H and O–H groups in total. The van der Waals surface area contributed by atoms with Gasteiger partial charge in [0.15, 0.2) is 0 Å². The SMILES string of the molecule is COc1nc(-c2cccc(-c3cccc(-c4ccc(CNCc5cn[nH]n5)c(OC)n4)c3Cl)c2Cl)ccc1CNCc1cn[nH]n1. The number of H-pyrrole nitrogens is 2. The normalized spacial score (nSPS) is 11.1. The van der Waals surface area contributed by atoms with Crippen LogP contribution >= 0.6 is 23.2 Å². The summed E-state index contributed by atoms with van der Waals surface area (Å²) in [7, 11) is 3.20. The van der Waals surface area contributed by atoms with Gasteiger partial charge in [-0.15, -0.1) is 0 Å². The molecule has 6 aromatic rings. The highest BCUT2D eigenvalue weighted by atomic mass is 35.5. The number of hydrogen-bond donors (Lipinski definition) is 4. The van der Waals surface area contributed by atoms with E-state index in [-0.39, 0.29) is 0 Å². The van der Waals surface area contributed by atoms with Crippen molar-refractivity contribution in [2.24, 2.45) is 0 Å². The minimum Gasteiger partial charge on any atom is -0.481 e. The first-order valence-electron chi connectivity index (χ1n) is 14.3. The van der Waals surface area contributed by atoms with Crippen LogP contribution in [0.3, 0.4) is 0 Å². The predicted molar refractivity (Wildman–Crippen MR) is 175 cm³/mol. The second-order valence-electron chi connectivity index (χ2n) is 10.2. The van der Waals surface area contributed by atoms with E-state index >= 15 is 0 Å². The van der Waals surface area contributed by atoms with Crippen LogP contribution in [0.15, 0.2) is 73.1 Å². The Morgan fingerprint density at radius 2 is 1.02 bits per heavy atom. The Labute approximate surface area is 274 Å². The van der Waals surface area contributed by atoms with Crippen molar-refractivity contribution in [2.75, 3.05) is 14.2 Å². The molecule has 2 aromatic carbocycles. The summed E-state index contributed by atoms with van der Waals surface area (Å²) in [5, 5.41) is 28.7. The van der Waals surface area contributed by atoms with Gasteiger partial charge >= 0.3 is 0 Å². The highest BCUT2D eigenvalue weighted by Gasteiger charge is 2.18. The topological polar surface area (TPSA) is 151 Å². The molecule has 46 heavy (non-hydrogen) atoms. The van der Waals surface area contributed by atoms with E-state index in [1.165, 1.54) is 0 Å². The molecule has 0 saturated heterocycles. The Kier molecular flexibility index (Phi) is 9.79. The second-order valence-corrected chi connectivity index (χ2v) is 10.9. The number of pyridine rings is 2. The number of nitrogens with one attached hydrogen (secondary N) is 4. The molecule has 0 atom stereocenters. The zero-order valence-electron chi connectivity index (χ0n) is 25.0. The van der Waals surface area contributed by atoms with Crippen molar-refractivity contribution in [3.05, 3.63) is 106 Å². The molecule has 0 aliphatic heterocycles. The van der Waals surface area contributed by atoms with Gasteiger partial charge in [0.2, 0.25) is 11.8 Å². The number of hydrogen-bond acceptors (Lipinski definition) is 10. The molecule has 0 unspecified atom stereocenters. The molecular weight excluding hydrogens is 627 g/mol. The maximum atomic E-state index is 7.06. The Morgan fingerprint density at radius 3 is 1.41 bits per heavy atom. The summed E-state index contributed by atoms with van der Waals surface area (Å²) in [6.45, 7) is 2.20. The van der Waals surface area contributed by atoms with E-state index in [2.05, 4.69) is 41.5 Å². The molecule has 4 heterocycles. The first-order valence-corrected chi connectivity index (χ1v) is 15.1. The van der Waals surface area contributed by atoms with Gasteiger partial charge in [0.25, 0.3) is 0 Å². The molecule has 12 nitrogen and oxygen atoms in total. The predicted octanol–water partition coefficient (Wildman–Crippen LogP) is 5.62. The minimum absolute atomic E-state index is 0.503. The number of nitrogens with zero attached hydrogens (tertiary/aromatic N) is 6. The van der Waals surface area contributed by atoms with E-state index in [0.29, 0.717) is 59.4 Å². The summed E-state index contributed by atoms with van der Waals surface area (Å²) in [4.78, 5) is 9.54. The summed E-state index contributed by atoms with van der Waals surface area (Å²) < 4.78 is 11.2. The molecular formula is C32H30Cl2N10O2. The largest absolute Gasteiger partial charge is 0.481 e. The monoisotopic (exact) mass is 656 g/mol. The maximum absolute atomic E-state index is 7.06. The third-order valence-corrected chi connectivity index (χ3v) is 8.09. The minimum atomic E-state index is 0.503. The van der Waals surface area contributed by atoms with Crippen molar-refractivity contribution in [3.63, 3.8) is 0 Å². The van der Waals surface area contributed by atoms with Crippen LogP contribution in [0.4, 0.5) is 0 Å². The van der Waals surface area contributed by atoms with Crippen LogP contribution in [0.2, 0.25) is 10.0 Å². The van der Waals surface area contributed by atoms with Crippen LogP contribution in [-0.4, -0.2) is 55.0 Å². The molecule has 234 valence electrons. The van der Waals surface area contributed by atoms with Gasteiger partial charge in [-0.1, -0.05) is 71.7 Å². The molecule has 4 aromatic heterocycles. The van der Waals surface area contributed by atoms with Crippen molar-refractivity contribution in [3.8, 4) is 45.4 Å².